The zero-order valence-corrected chi connectivity index (χ0v) is 16.6. The van der Waals surface area contributed by atoms with Gasteiger partial charge in [-0.3, -0.25) is 0 Å². The van der Waals surface area contributed by atoms with E-state index in [1.54, 1.807) is 0 Å². The van der Waals surface area contributed by atoms with Crippen LogP contribution in [-0.4, -0.2) is 17.0 Å². The summed E-state index contributed by atoms with van der Waals surface area (Å²) in [6.07, 6.45) is 20.1. The Kier molecular flexibility index (Phi) is 8.18. The van der Waals surface area contributed by atoms with Gasteiger partial charge < -0.3 is 4.57 Å². The zero-order valence-electron chi connectivity index (χ0n) is 13.5. The molecule has 0 aliphatic heterocycles. The van der Waals surface area contributed by atoms with Crippen LogP contribution in [0.15, 0.2) is 0 Å². The van der Waals surface area contributed by atoms with Crippen molar-refractivity contribution >= 4 is 7.14 Å². The van der Waals surface area contributed by atoms with Crippen LogP contribution < -0.4 is 0 Å². The van der Waals surface area contributed by atoms with Crippen LogP contribution in [0.25, 0.3) is 0 Å². The van der Waals surface area contributed by atoms with E-state index >= 15 is 0 Å². The van der Waals surface area contributed by atoms with Crippen molar-refractivity contribution in [2.24, 2.45) is 0 Å². The predicted molar refractivity (Wildman–Crippen MR) is 88.2 cm³/mol. The van der Waals surface area contributed by atoms with Crippen LogP contribution in [0.3, 0.4) is 0 Å². The first-order valence-corrected chi connectivity index (χ1v) is 11.3. The van der Waals surface area contributed by atoms with Gasteiger partial charge in [-0.1, -0.05) is 57.8 Å². The van der Waals surface area contributed by atoms with Gasteiger partial charge in [-0.25, -0.2) is 0 Å². The van der Waals surface area contributed by atoms with E-state index in [2.05, 4.69) is 0 Å². The normalized spacial score (nSPS) is 27.2. The van der Waals surface area contributed by atoms with E-state index in [4.69, 9.17) is 0 Å². The van der Waals surface area contributed by atoms with Crippen molar-refractivity contribution in [1.29, 1.82) is 0 Å². The molecule has 0 amide bonds. The SMILES string of the molecule is O=P(C1CCCCC1)(C1CCCCC1)C1CCCCC1.[Tb+3]. The third-order valence-corrected chi connectivity index (χ3v) is 11.4. The Hall–Kier alpha value is 1.52. The van der Waals surface area contributed by atoms with Gasteiger partial charge in [-0.15, -0.1) is 0 Å². The van der Waals surface area contributed by atoms with E-state index in [0.717, 1.165) is 0 Å². The monoisotopic (exact) mass is 455 g/mol. The minimum Gasteiger partial charge on any atom is -0.323 e. The van der Waals surface area contributed by atoms with E-state index < -0.39 is 7.14 Å². The molecule has 3 aliphatic carbocycles. The van der Waals surface area contributed by atoms with Crippen LogP contribution in [0.1, 0.15) is 96.3 Å². The maximum atomic E-state index is 14.3. The average molecular weight is 455 g/mol. The second-order valence-corrected chi connectivity index (χ2v) is 11.4. The summed E-state index contributed by atoms with van der Waals surface area (Å²) in [5.41, 5.74) is 1.88. The summed E-state index contributed by atoms with van der Waals surface area (Å²) in [5.74, 6) is 0. The molecular formula is C18H33OPTb+3. The molecule has 3 fully saturated rings. The van der Waals surface area contributed by atoms with Crippen molar-refractivity contribution < 1.29 is 43.2 Å². The Balaban J connectivity index is 0.00000161. The van der Waals surface area contributed by atoms with Crippen LogP contribution in [-0.2, 0) is 4.57 Å². The average Bonchev–Trinajstić information content (AvgIpc) is 2.56. The summed E-state index contributed by atoms with van der Waals surface area (Å²) in [7, 11) is -1.95. The predicted octanol–water partition coefficient (Wildman–Crippen LogP) is 6.35. The largest absolute Gasteiger partial charge is 3.00 e. The molecule has 0 bridgehead atoms. The molecule has 0 atom stereocenters. The molecule has 0 saturated heterocycles. The van der Waals surface area contributed by atoms with Crippen LogP contribution in [0.2, 0.25) is 0 Å². The van der Waals surface area contributed by atoms with Gasteiger partial charge in [0.05, 0.1) is 7.14 Å². The van der Waals surface area contributed by atoms with Crippen molar-refractivity contribution in [2.75, 3.05) is 0 Å². The van der Waals surface area contributed by atoms with E-state index in [1.165, 1.54) is 96.3 Å². The van der Waals surface area contributed by atoms with E-state index in [-0.39, 0.29) is 38.6 Å². The van der Waals surface area contributed by atoms with E-state index in [0.29, 0.717) is 17.0 Å². The molecule has 1 nitrogen and oxygen atoms in total. The Morgan fingerprint density at radius 2 is 0.714 bits per heavy atom. The third-order valence-electron chi connectivity index (χ3n) is 6.44. The van der Waals surface area contributed by atoms with Crippen LogP contribution in [0.5, 0.6) is 0 Å². The van der Waals surface area contributed by atoms with Gasteiger partial charge in [-0.05, 0) is 38.5 Å². The molecule has 0 heterocycles. The summed E-state index contributed by atoms with van der Waals surface area (Å²) in [6.45, 7) is 0. The molecule has 0 aromatic heterocycles. The molecule has 3 saturated carbocycles. The molecule has 0 N–H and O–H groups in total. The molecule has 0 spiro atoms. The van der Waals surface area contributed by atoms with Crippen molar-refractivity contribution in [3.8, 4) is 0 Å². The van der Waals surface area contributed by atoms with Crippen LogP contribution in [0.4, 0.5) is 0 Å². The van der Waals surface area contributed by atoms with Crippen LogP contribution in [0, 0.1) is 38.6 Å². The fourth-order valence-corrected chi connectivity index (χ4v) is 10.7. The third kappa shape index (κ3) is 4.33. The Bertz CT molecular complexity index is 287. The molecule has 0 aromatic rings. The molecule has 21 heavy (non-hydrogen) atoms. The molecule has 0 radical (unpaired) electrons. The van der Waals surface area contributed by atoms with Crippen molar-refractivity contribution in [2.45, 2.75) is 113 Å². The molecule has 3 heteroatoms. The standard InChI is InChI=1S/C18H33OP.Tb/c19-20(16-10-4-1-5-11-16,17-12-6-2-7-13-17)18-14-8-3-9-15-18;/h16-18H,1-15H2;/q;+3. The maximum Gasteiger partial charge on any atom is 3.00 e. The van der Waals surface area contributed by atoms with Gasteiger partial charge in [-0.2, -0.15) is 0 Å². The second kappa shape index (κ2) is 9.12. The van der Waals surface area contributed by atoms with Crippen molar-refractivity contribution in [3.05, 3.63) is 0 Å². The zero-order chi connectivity index (χ0) is 13.8. The topological polar surface area (TPSA) is 17.1 Å². The minimum atomic E-state index is -1.95. The first kappa shape index (κ1) is 18.8. The fraction of sp³-hybridized carbons (Fsp3) is 1.00. The summed E-state index contributed by atoms with van der Waals surface area (Å²) < 4.78 is 14.3. The Morgan fingerprint density at radius 1 is 0.476 bits per heavy atom. The first-order valence-electron chi connectivity index (χ1n) is 9.41. The molecule has 0 unspecified atom stereocenters. The van der Waals surface area contributed by atoms with Gasteiger partial charge in [0, 0.05) is 17.0 Å². The number of hydrogen-bond acceptors (Lipinski definition) is 1. The van der Waals surface area contributed by atoms with E-state index in [9.17, 15) is 4.57 Å². The van der Waals surface area contributed by atoms with Gasteiger partial charge in [0.25, 0.3) is 0 Å². The van der Waals surface area contributed by atoms with Crippen molar-refractivity contribution in [3.63, 3.8) is 0 Å². The number of hydrogen-bond donors (Lipinski definition) is 0. The molecule has 3 aliphatic rings. The van der Waals surface area contributed by atoms with E-state index in [1.807, 2.05) is 0 Å². The maximum absolute atomic E-state index is 14.3. The number of rotatable bonds is 3. The van der Waals surface area contributed by atoms with Gasteiger partial charge in [0.2, 0.25) is 0 Å². The summed E-state index contributed by atoms with van der Waals surface area (Å²) in [6, 6.07) is 0. The van der Waals surface area contributed by atoms with Crippen molar-refractivity contribution in [1.82, 2.24) is 0 Å². The second-order valence-electron chi connectivity index (χ2n) is 7.64. The first-order chi connectivity index (χ1) is 9.82. The molecule has 0 aromatic carbocycles. The van der Waals surface area contributed by atoms with Gasteiger partial charge in [0.1, 0.15) is 0 Å². The molecular weight excluding hydrogens is 422 g/mol. The summed E-state index contributed by atoms with van der Waals surface area (Å²) in [4.78, 5) is 0. The summed E-state index contributed by atoms with van der Waals surface area (Å²) >= 11 is 0. The molecule has 122 valence electrons. The Labute approximate surface area is 162 Å². The smallest absolute Gasteiger partial charge is 0.323 e. The van der Waals surface area contributed by atoms with Gasteiger partial charge in [0.15, 0.2) is 0 Å². The van der Waals surface area contributed by atoms with Crippen LogP contribution >= 0.6 is 7.14 Å². The molecule has 3 rings (SSSR count). The summed E-state index contributed by atoms with van der Waals surface area (Å²) in [5, 5.41) is 0. The minimum absolute atomic E-state index is 0. The Morgan fingerprint density at radius 3 is 0.952 bits per heavy atom. The quantitative estimate of drug-likeness (QED) is 0.454. The fourth-order valence-electron chi connectivity index (χ4n) is 5.35. The van der Waals surface area contributed by atoms with Gasteiger partial charge >= 0.3 is 38.6 Å².